The number of alkyl halides is 1. The Hall–Kier alpha value is -1.03. The molecule has 0 aliphatic heterocycles. The Balaban J connectivity index is 3.11. The van der Waals surface area contributed by atoms with Gasteiger partial charge in [0.25, 0.3) is 0 Å². The fourth-order valence-corrected chi connectivity index (χ4v) is 1.82. The molecule has 0 bridgehead atoms. The van der Waals surface area contributed by atoms with Crippen LogP contribution in [0.15, 0.2) is 18.2 Å². The van der Waals surface area contributed by atoms with Crippen molar-refractivity contribution < 1.29 is 14.3 Å². The minimum atomic E-state index is -0.189. The van der Waals surface area contributed by atoms with Crippen LogP contribution < -0.4 is 9.47 Å². The van der Waals surface area contributed by atoms with Gasteiger partial charge in [-0.2, -0.15) is 0 Å². The van der Waals surface area contributed by atoms with Crippen molar-refractivity contribution in [3.05, 3.63) is 23.8 Å². The lowest BCUT2D eigenvalue weighted by Crippen LogP contribution is -2.04. The fourth-order valence-electron chi connectivity index (χ4n) is 1.32. The average Bonchev–Trinajstić information content (AvgIpc) is 2.31. The topological polar surface area (TPSA) is 35.5 Å². The van der Waals surface area contributed by atoms with Gasteiger partial charge < -0.3 is 14.3 Å². The second kappa shape index (κ2) is 5.75. The lowest BCUT2D eigenvalue weighted by atomic mass is 10.0. The highest BCUT2D eigenvalue weighted by atomic mass is 79.9. The van der Waals surface area contributed by atoms with E-state index >= 15 is 0 Å². The molecule has 1 aromatic rings. The van der Waals surface area contributed by atoms with Crippen LogP contribution in [0, 0.1) is 0 Å². The molecule has 82 valence electrons. The Kier molecular flexibility index (Phi) is 4.62. The summed E-state index contributed by atoms with van der Waals surface area (Å²) >= 11 is 3.29. The number of hydrogen-bond acceptors (Lipinski definition) is 3. The van der Waals surface area contributed by atoms with Gasteiger partial charge in [-0.05, 0) is 6.07 Å². The van der Waals surface area contributed by atoms with Crippen molar-refractivity contribution in [1.29, 1.82) is 0 Å². The maximum Gasteiger partial charge on any atom is 0.128 e. The summed E-state index contributed by atoms with van der Waals surface area (Å²) in [5.41, 5.74) is 0.866. The average molecular weight is 273 g/mol. The van der Waals surface area contributed by atoms with E-state index in [1.807, 2.05) is 12.1 Å². The third kappa shape index (κ3) is 2.72. The van der Waals surface area contributed by atoms with Gasteiger partial charge in [0.2, 0.25) is 0 Å². The predicted molar refractivity (Wildman–Crippen MR) is 62.1 cm³/mol. The van der Waals surface area contributed by atoms with E-state index in [9.17, 15) is 4.79 Å². The summed E-state index contributed by atoms with van der Waals surface area (Å²) in [6.45, 7) is 0. The number of carbonyl (C=O) groups is 1. The normalized spacial score (nSPS) is 11.9. The van der Waals surface area contributed by atoms with Gasteiger partial charge in [0, 0.05) is 17.0 Å². The monoisotopic (exact) mass is 272 g/mol. The van der Waals surface area contributed by atoms with Gasteiger partial charge in [0.05, 0.1) is 20.1 Å². The van der Waals surface area contributed by atoms with Crippen molar-refractivity contribution in [3.8, 4) is 11.5 Å². The SMILES string of the molecule is COc1ccc(C(C=O)CBr)c(OC)c1. The summed E-state index contributed by atoms with van der Waals surface area (Å²) in [4.78, 5) is 10.8. The van der Waals surface area contributed by atoms with Crippen LogP contribution in [0.4, 0.5) is 0 Å². The molecule has 1 atom stereocenters. The first-order valence-electron chi connectivity index (χ1n) is 4.50. The number of aldehydes is 1. The zero-order chi connectivity index (χ0) is 11.3. The van der Waals surface area contributed by atoms with E-state index in [0.29, 0.717) is 11.1 Å². The maximum absolute atomic E-state index is 10.8. The number of methoxy groups -OCH3 is 2. The Morgan fingerprint density at radius 3 is 2.60 bits per heavy atom. The first-order chi connectivity index (χ1) is 7.26. The van der Waals surface area contributed by atoms with Crippen LogP contribution >= 0.6 is 15.9 Å². The Bertz CT molecular complexity index is 339. The summed E-state index contributed by atoms with van der Waals surface area (Å²) in [7, 11) is 3.17. The first kappa shape index (κ1) is 12.0. The number of carbonyl (C=O) groups excluding carboxylic acids is 1. The largest absolute Gasteiger partial charge is 0.497 e. The molecule has 0 spiro atoms. The van der Waals surface area contributed by atoms with Crippen molar-refractivity contribution in [3.63, 3.8) is 0 Å². The maximum atomic E-state index is 10.8. The summed E-state index contributed by atoms with van der Waals surface area (Å²) in [5, 5.41) is 0.583. The standard InChI is InChI=1S/C11H13BrO3/c1-14-9-3-4-10(8(6-12)7-13)11(5-9)15-2/h3-5,7-8H,6H2,1-2H3. The highest BCUT2D eigenvalue weighted by Crippen LogP contribution is 2.30. The molecular formula is C11H13BrO3. The highest BCUT2D eigenvalue weighted by Gasteiger charge is 2.14. The summed E-state index contributed by atoms with van der Waals surface area (Å²) in [6, 6.07) is 5.43. The van der Waals surface area contributed by atoms with Gasteiger partial charge in [-0.15, -0.1) is 0 Å². The van der Waals surface area contributed by atoms with Crippen LogP contribution in [0.5, 0.6) is 11.5 Å². The molecular weight excluding hydrogens is 260 g/mol. The third-order valence-corrected chi connectivity index (χ3v) is 2.87. The molecule has 1 aromatic carbocycles. The number of hydrogen-bond donors (Lipinski definition) is 0. The molecule has 0 heterocycles. The lowest BCUT2D eigenvalue weighted by molar-refractivity contribution is -0.108. The molecule has 0 fully saturated rings. The molecule has 4 heteroatoms. The summed E-state index contributed by atoms with van der Waals surface area (Å²) in [6.07, 6.45) is 0.902. The molecule has 0 saturated carbocycles. The predicted octanol–water partition coefficient (Wildman–Crippen LogP) is 2.38. The van der Waals surface area contributed by atoms with Crippen molar-refractivity contribution in [1.82, 2.24) is 0 Å². The quantitative estimate of drug-likeness (QED) is 0.610. The van der Waals surface area contributed by atoms with Crippen LogP contribution in [-0.2, 0) is 4.79 Å². The van der Waals surface area contributed by atoms with E-state index in [-0.39, 0.29) is 5.92 Å². The zero-order valence-corrected chi connectivity index (χ0v) is 10.3. The molecule has 0 N–H and O–H groups in total. The molecule has 0 aromatic heterocycles. The van der Waals surface area contributed by atoms with Crippen LogP contribution in [0.3, 0.4) is 0 Å². The molecule has 1 unspecified atom stereocenters. The van der Waals surface area contributed by atoms with Crippen molar-refractivity contribution in [2.75, 3.05) is 19.5 Å². The molecule has 0 aliphatic carbocycles. The van der Waals surface area contributed by atoms with E-state index in [1.165, 1.54) is 0 Å². The number of rotatable bonds is 5. The minimum absolute atomic E-state index is 0.189. The van der Waals surface area contributed by atoms with E-state index in [1.54, 1.807) is 20.3 Å². The molecule has 0 aliphatic rings. The number of halogens is 1. The smallest absolute Gasteiger partial charge is 0.128 e. The van der Waals surface area contributed by atoms with Gasteiger partial charge in [0.1, 0.15) is 17.8 Å². The van der Waals surface area contributed by atoms with Gasteiger partial charge in [-0.1, -0.05) is 22.0 Å². The Morgan fingerprint density at radius 1 is 1.40 bits per heavy atom. The second-order valence-corrected chi connectivity index (χ2v) is 3.65. The van der Waals surface area contributed by atoms with Gasteiger partial charge in [-0.25, -0.2) is 0 Å². The van der Waals surface area contributed by atoms with Crippen molar-refractivity contribution in [2.45, 2.75) is 5.92 Å². The van der Waals surface area contributed by atoms with E-state index in [4.69, 9.17) is 9.47 Å². The molecule has 3 nitrogen and oxygen atoms in total. The van der Waals surface area contributed by atoms with Crippen LogP contribution in [0.1, 0.15) is 11.5 Å². The molecule has 15 heavy (non-hydrogen) atoms. The summed E-state index contributed by atoms with van der Waals surface area (Å²) in [5.74, 6) is 1.20. The van der Waals surface area contributed by atoms with Crippen LogP contribution in [0.25, 0.3) is 0 Å². The first-order valence-corrected chi connectivity index (χ1v) is 5.62. The zero-order valence-electron chi connectivity index (χ0n) is 8.70. The Labute approximate surface area is 97.5 Å². The fraction of sp³-hybridized carbons (Fsp3) is 0.364. The molecule has 1 rings (SSSR count). The van der Waals surface area contributed by atoms with Gasteiger partial charge in [0.15, 0.2) is 0 Å². The van der Waals surface area contributed by atoms with E-state index in [0.717, 1.165) is 17.6 Å². The molecule has 0 saturated heterocycles. The molecule has 0 radical (unpaired) electrons. The van der Waals surface area contributed by atoms with Crippen molar-refractivity contribution >= 4 is 22.2 Å². The van der Waals surface area contributed by atoms with E-state index < -0.39 is 0 Å². The Morgan fingerprint density at radius 2 is 2.13 bits per heavy atom. The van der Waals surface area contributed by atoms with Crippen molar-refractivity contribution in [2.24, 2.45) is 0 Å². The van der Waals surface area contributed by atoms with Gasteiger partial charge >= 0.3 is 0 Å². The van der Waals surface area contributed by atoms with Crippen LogP contribution in [-0.4, -0.2) is 25.8 Å². The summed E-state index contributed by atoms with van der Waals surface area (Å²) < 4.78 is 10.3. The highest BCUT2D eigenvalue weighted by molar-refractivity contribution is 9.09. The lowest BCUT2D eigenvalue weighted by Gasteiger charge is -2.13. The minimum Gasteiger partial charge on any atom is -0.497 e. The van der Waals surface area contributed by atoms with Crippen LogP contribution in [0.2, 0.25) is 0 Å². The molecule has 0 amide bonds. The van der Waals surface area contributed by atoms with E-state index in [2.05, 4.69) is 15.9 Å². The number of ether oxygens (including phenoxy) is 2. The number of benzene rings is 1. The second-order valence-electron chi connectivity index (χ2n) is 3.00. The van der Waals surface area contributed by atoms with Gasteiger partial charge in [-0.3, -0.25) is 0 Å². The third-order valence-electron chi connectivity index (χ3n) is 2.17.